The predicted octanol–water partition coefficient (Wildman–Crippen LogP) is 3.58. The number of nitrogens with zero attached hydrogens (tertiary/aromatic N) is 2. The molecule has 16 nitrogen and oxygen atoms in total. The van der Waals surface area contributed by atoms with Crippen LogP contribution in [0.25, 0.3) is 0 Å². The van der Waals surface area contributed by atoms with E-state index in [1.165, 1.54) is 95.6 Å². The third kappa shape index (κ3) is 47.8. The van der Waals surface area contributed by atoms with Crippen molar-refractivity contribution in [1.29, 1.82) is 0 Å². The van der Waals surface area contributed by atoms with Gasteiger partial charge in [0.15, 0.2) is 0 Å². The van der Waals surface area contributed by atoms with Crippen molar-refractivity contribution in [2.45, 2.75) is 181 Å². The van der Waals surface area contributed by atoms with E-state index in [-0.39, 0.29) is 137 Å². The van der Waals surface area contributed by atoms with Crippen LogP contribution in [0.15, 0.2) is 89.8 Å². The summed E-state index contributed by atoms with van der Waals surface area (Å²) in [5.74, 6) is -1.11. The van der Waals surface area contributed by atoms with Crippen LogP contribution >= 0.6 is 23.5 Å². The van der Waals surface area contributed by atoms with Gasteiger partial charge in [-0.05, 0) is 79.4 Å². The van der Waals surface area contributed by atoms with Crippen LogP contribution < -0.4 is 104 Å². The number of carbonyl (C=O) groups excluding carboxylic acids is 6. The minimum atomic E-state index is -4.55. The number of rotatable bonds is 26. The van der Waals surface area contributed by atoms with Gasteiger partial charge >= 0.3 is 88.7 Å². The van der Waals surface area contributed by atoms with Gasteiger partial charge in [-0.25, -0.2) is 12.6 Å². The van der Waals surface area contributed by atoms with E-state index in [2.05, 4.69) is 41.7 Å². The summed E-state index contributed by atoms with van der Waals surface area (Å²) in [6.45, 7) is 10.7. The summed E-state index contributed by atoms with van der Waals surface area (Å²) < 4.78 is 54.0. The molecule has 1 unspecified atom stereocenters. The second-order valence-electron chi connectivity index (χ2n) is 16.0. The molecule has 0 radical (unpaired) electrons. The van der Waals surface area contributed by atoms with E-state index in [0.717, 1.165) is 74.1 Å². The van der Waals surface area contributed by atoms with Crippen LogP contribution in [0.5, 0.6) is 0 Å². The monoisotopic (exact) mass is 1140 g/mol. The van der Waals surface area contributed by atoms with Crippen molar-refractivity contribution in [2.24, 2.45) is 0 Å². The molecule has 0 saturated heterocycles. The Balaban J connectivity index is -0.000000163. The number of para-hydroxylation sites is 2. The summed E-state index contributed by atoms with van der Waals surface area (Å²) in [5.41, 5.74) is 1.77. The van der Waals surface area contributed by atoms with E-state index in [1.54, 1.807) is 12.1 Å². The Morgan fingerprint density at radius 3 is 1.18 bits per heavy atom. The summed E-state index contributed by atoms with van der Waals surface area (Å²) >= 11 is 6.85. The zero-order valence-corrected chi connectivity index (χ0v) is 54.4. The molecule has 0 fully saturated rings. The van der Waals surface area contributed by atoms with Crippen LogP contribution in [0.1, 0.15) is 178 Å². The molecule has 0 spiro atoms. The van der Waals surface area contributed by atoms with Crippen molar-refractivity contribution in [1.82, 2.24) is 0 Å². The quantitative estimate of drug-likeness (QED) is 0.0397. The largest absolute Gasteiger partial charge is 1.00 e. The number of carbonyl (C=O) groups is 6. The van der Waals surface area contributed by atoms with E-state index >= 15 is 0 Å². The van der Waals surface area contributed by atoms with Crippen LogP contribution in [0.4, 0.5) is 17.1 Å². The number of imide groups is 2. The van der Waals surface area contributed by atoms with Gasteiger partial charge in [-0.15, -0.1) is 0 Å². The number of hydrogen-bond donors (Lipinski definition) is 1. The Morgan fingerprint density at radius 1 is 0.568 bits per heavy atom. The molecule has 0 heterocycles. The number of anilines is 3. The van der Waals surface area contributed by atoms with Gasteiger partial charge in [0.05, 0.1) is 28.1 Å². The molecule has 23 heteroatoms. The molecule has 5 amide bonds. The van der Waals surface area contributed by atoms with Crippen LogP contribution in [-0.4, -0.2) is 62.0 Å². The zero-order chi connectivity index (χ0) is 53.2. The molecular formula is C51H77Cl2N3Na3O13S2-. The van der Waals surface area contributed by atoms with Gasteiger partial charge < -0.3 is 21.3 Å². The number of nitrogens with one attached hydrogen (secondary N) is 1. The molecular weight excluding hydrogens is 1070 g/mol. The SMILES string of the molecule is CC(=O)Nc1ccccc1.CCCCCCCCC(=O)Cl.CCCCCCCCC(=O)N(C(C)=O)c1ccc(S(=O)(=O)[O-])cc1.CCCCCCCCC(=O)N(C(C)=O)c1ccccc1.O=S([O-])OCl.[H-].[Na+].[Na+].[Na+].[OH-]. The van der Waals surface area contributed by atoms with E-state index < -0.39 is 32.3 Å². The topological polar surface area (TPSA) is 257 Å². The maximum absolute atomic E-state index is 12.3. The molecule has 1 atom stereocenters. The van der Waals surface area contributed by atoms with Crippen LogP contribution in [0.2, 0.25) is 0 Å². The van der Waals surface area contributed by atoms with Crippen molar-refractivity contribution in [2.75, 3.05) is 15.1 Å². The maximum Gasteiger partial charge on any atom is 1.00 e. The fourth-order valence-electron chi connectivity index (χ4n) is 6.45. The minimum absolute atomic E-state index is 0. The van der Waals surface area contributed by atoms with Gasteiger partial charge in [-0.3, -0.25) is 38.6 Å². The Bertz CT molecular complexity index is 2060. The molecule has 0 saturated carbocycles. The van der Waals surface area contributed by atoms with Gasteiger partial charge in [0, 0.05) is 45.7 Å². The van der Waals surface area contributed by atoms with E-state index in [4.69, 9.17) is 20.4 Å². The molecule has 3 aromatic carbocycles. The molecule has 2 N–H and O–H groups in total. The predicted molar refractivity (Wildman–Crippen MR) is 282 cm³/mol. The van der Waals surface area contributed by atoms with Gasteiger partial charge in [0.1, 0.15) is 21.5 Å². The molecule has 0 aromatic heterocycles. The Hall–Kier alpha value is -1.40. The van der Waals surface area contributed by atoms with Crippen LogP contribution in [0.3, 0.4) is 0 Å². The van der Waals surface area contributed by atoms with Gasteiger partial charge in [0.2, 0.25) is 34.8 Å². The van der Waals surface area contributed by atoms with E-state index in [0.29, 0.717) is 24.9 Å². The molecule has 0 bridgehead atoms. The molecule has 3 aromatic rings. The number of benzene rings is 3. The molecule has 74 heavy (non-hydrogen) atoms. The maximum atomic E-state index is 12.3. The average Bonchev–Trinajstić information content (AvgIpc) is 3.31. The third-order valence-corrected chi connectivity index (χ3v) is 11.3. The number of hydrogen-bond acceptors (Lipinski definition) is 13. The van der Waals surface area contributed by atoms with Crippen molar-refractivity contribution < 1.29 is 150 Å². The number of unbranched alkanes of at least 4 members (excludes halogenated alkanes) is 15. The average molecular weight is 1140 g/mol. The third-order valence-electron chi connectivity index (χ3n) is 9.89. The van der Waals surface area contributed by atoms with Crippen molar-refractivity contribution in [3.63, 3.8) is 0 Å². The standard InChI is InChI=1S/C17H25NO5S.C17H25NO2.C9H17ClO.C8H9NO.ClHO3S.3Na.H2O.H/c1-3-4-5-6-7-8-9-17(20)18(14(2)19)15-10-12-16(13-11-15)24(21,22)23;1-3-4-5-6-7-11-14-17(20)18(15(2)19)16-12-9-8-10-13-16;1-2-3-4-5-6-7-8-9(10)11;1-7(10)9-8-5-3-2-4-6-8;1-4-5(2)3;;;;;/h10-13H,3-9H2,1-2H3,(H,21,22,23);8-10,12-13H,3-7,11,14H2,1-2H3;2-8H2,1H3;2-6H,1H3,(H,9,10);(H,2,3);;;;1H2;/q;;;;;3*+1;;-1/p-3. The fourth-order valence-corrected chi connectivity index (χ4v) is 7.05. The van der Waals surface area contributed by atoms with E-state index in [1.807, 2.05) is 48.5 Å². The second kappa shape index (κ2) is 54.9. The number of amides is 5. The van der Waals surface area contributed by atoms with Crippen LogP contribution in [-0.2, 0) is 54.0 Å². The number of halogens is 2. The first-order chi connectivity index (χ1) is 33.3. The van der Waals surface area contributed by atoms with Gasteiger partial charge in [0.25, 0.3) is 0 Å². The summed E-state index contributed by atoms with van der Waals surface area (Å²) in [5, 5.41) is 2.47. The van der Waals surface area contributed by atoms with Crippen LogP contribution in [0, 0.1) is 0 Å². The Morgan fingerprint density at radius 2 is 0.878 bits per heavy atom. The summed E-state index contributed by atoms with van der Waals surface area (Å²) in [4.78, 5) is 70.6. The zero-order valence-electron chi connectivity index (χ0n) is 46.2. The minimum Gasteiger partial charge on any atom is -1.00 e. The smallest absolute Gasteiger partial charge is 1.00 e. The summed E-state index contributed by atoms with van der Waals surface area (Å²) in [6.07, 6.45) is 21.5. The summed E-state index contributed by atoms with van der Waals surface area (Å²) in [6, 6.07) is 23.3. The second-order valence-corrected chi connectivity index (χ2v) is 18.7. The molecule has 404 valence electrons. The Kier molecular flexibility index (Phi) is 62.3. The molecule has 0 aliphatic rings. The summed E-state index contributed by atoms with van der Waals surface area (Å²) in [7, 11) is -4.55. The van der Waals surface area contributed by atoms with E-state index in [9.17, 15) is 41.7 Å². The normalized spacial score (nSPS) is 10.1. The van der Waals surface area contributed by atoms with Gasteiger partial charge in [-0.2, -0.15) is 3.74 Å². The Labute approximate surface area is 522 Å². The molecule has 0 aliphatic heterocycles. The first kappa shape index (κ1) is 83.9. The molecule has 0 aliphatic carbocycles. The first-order valence-electron chi connectivity index (χ1n) is 23.9. The fraction of sp³-hybridized carbons (Fsp3) is 0.529. The molecule has 3 rings (SSSR count). The first-order valence-corrected chi connectivity index (χ1v) is 27.0. The van der Waals surface area contributed by atoms with Gasteiger partial charge in [-0.1, -0.05) is 153 Å². The van der Waals surface area contributed by atoms with Crippen molar-refractivity contribution >= 4 is 96.8 Å². The van der Waals surface area contributed by atoms with Crippen molar-refractivity contribution in [3.8, 4) is 0 Å². The van der Waals surface area contributed by atoms with Crippen molar-refractivity contribution in [3.05, 3.63) is 84.9 Å².